The van der Waals surface area contributed by atoms with Crippen molar-refractivity contribution in [3.63, 3.8) is 0 Å². The van der Waals surface area contributed by atoms with Crippen molar-refractivity contribution in [1.82, 2.24) is 4.90 Å². The lowest BCUT2D eigenvalue weighted by atomic mass is 9.89. The fourth-order valence-corrected chi connectivity index (χ4v) is 3.63. The molecule has 1 saturated carbocycles. The van der Waals surface area contributed by atoms with Crippen LogP contribution in [-0.2, 0) is 9.47 Å². The number of hydrogen-bond acceptors (Lipinski definition) is 4. The predicted octanol–water partition coefficient (Wildman–Crippen LogP) is 3.82. The number of fused-ring (bicyclic) bond motifs is 1. The van der Waals surface area contributed by atoms with E-state index < -0.39 is 11.7 Å². The van der Waals surface area contributed by atoms with E-state index in [1.54, 1.807) is 24.3 Å². The van der Waals surface area contributed by atoms with Gasteiger partial charge in [0.25, 0.3) is 5.91 Å². The van der Waals surface area contributed by atoms with Crippen LogP contribution in [0.5, 0.6) is 0 Å². The molecule has 1 aromatic carbocycles. The molecule has 2 atom stereocenters. The van der Waals surface area contributed by atoms with Crippen molar-refractivity contribution >= 4 is 17.7 Å². The first-order valence-corrected chi connectivity index (χ1v) is 9.36. The smallest absolute Gasteiger partial charge is 0.412 e. The standard InChI is InChI=1S/C20H28N2O4/c1-20(2,3)26-19(24)21-15-10-8-14(9-11-15)18(23)22-12-13-25-17-7-5-4-6-16(17)22/h8-11,16-17H,4-7,12-13H2,1-3H3,(H,21,24). The molecule has 1 saturated heterocycles. The van der Waals surface area contributed by atoms with Gasteiger partial charge in [-0.05, 0) is 57.9 Å². The summed E-state index contributed by atoms with van der Waals surface area (Å²) < 4.78 is 11.1. The van der Waals surface area contributed by atoms with Crippen LogP contribution in [0.15, 0.2) is 24.3 Å². The van der Waals surface area contributed by atoms with E-state index in [1.165, 1.54) is 6.42 Å². The SMILES string of the molecule is CC(C)(C)OC(=O)Nc1ccc(C(=O)N2CCOC3CCCCC32)cc1. The number of nitrogens with zero attached hydrogens (tertiary/aromatic N) is 1. The maximum absolute atomic E-state index is 12.9. The van der Waals surface area contributed by atoms with E-state index in [2.05, 4.69) is 5.32 Å². The Morgan fingerprint density at radius 2 is 1.85 bits per heavy atom. The highest BCUT2D eigenvalue weighted by Crippen LogP contribution is 2.29. The molecule has 0 aromatic heterocycles. The third-order valence-electron chi connectivity index (χ3n) is 4.77. The van der Waals surface area contributed by atoms with E-state index in [-0.39, 0.29) is 18.1 Å². The van der Waals surface area contributed by atoms with Gasteiger partial charge in [-0.1, -0.05) is 12.8 Å². The molecule has 1 aliphatic heterocycles. The van der Waals surface area contributed by atoms with Crippen molar-refractivity contribution in [3.8, 4) is 0 Å². The van der Waals surface area contributed by atoms with Crippen molar-refractivity contribution in [2.75, 3.05) is 18.5 Å². The van der Waals surface area contributed by atoms with Gasteiger partial charge in [-0.3, -0.25) is 10.1 Å². The minimum atomic E-state index is -0.549. The maximum atomic E-state index is 12.9. The molecule has 1 aliphatic carbocycles. The van der Waals surface area contributed by atoms with E-state index in [9.17, 15) is 9.59 Å². The zero-order valence-electron chi connectivity index (χ0n) is 15.8. The number of hydrogen-bond donors (Lipinski definition) is 1. The number of rotatable bonds is 2. The van der Waals surface area contributed by atoms with Gasteiger partial charge in [-0.2, -0.15) is 0 Å². The second-order valence-electron chi connectivity index (χ2n) is 7.96. The molecule has 0 bridgehead atoms. The van der Waals surface area contributed by atoms with Crippen molar-refractivity contribution in [2.24, 2.45) is 0 Å². The summed E-state index contributed by atoms with van der Waals surface area (Å²) in [5.41, 5.74) is 0.687. The van der Waals surface area contributed by atoms with Gasteiger partial charge in [0, 0.05) is 17.8 Å². The first kappa shape index (κ1) is 18.7. The Morgan fingerprint density at radius 3 is 2.54 bits per heavy atom. The molecule has 3 rings (SSSR count). The summed E-state index contributed by atoms with van der Waals surface area (Å²) in [5, 5.41) is 2.68. The number of amides is 2. The van der Waals surface area contributed by atoms with Gasteiger partial charge in [-0.25, -0.2) is 4.79 Å². The molecule has 1 aromatic rings. The van der Waals surface area contributed by atoms with Crippen LogP contribution in [0.1, 0.15) is 56.8 Å². The first-order valence-electron chi connectivity index (χ1n) is 9.36. The summed E-state index contributed by atoms with van der Waals surface area (Å²) in [6.07, 6.45) is 4.03. The van der Waals surface area contributed by atoms with E-state index in [4.69, 9.17) is 9.47 Å². The summed E-state index contributed by atoms with van der Waals surface area (Å²) in [6, 6.07) is 7.15. The molecule has 0 radical (unpaired) electrons. The fraction of sp³-hybridized carbons (Fsp3) is 0.600. The van der Waals surface area contributed by atoms with Crippen LogP contribution in [0.4, 0.5) is 10.5 Å². The van der Waals surface area contributed by atoms with Crippen LogP contribution in [0.25, 0.3) is 0 Å². The number of anilines is 1. The van der Waals surface area contributed by atoms with Gasteiger partial charge in [0.2, 0.25) is 0 Å². The van der Waals surface area contributed by atoms with Crippen molar-refractivity contribution < 1.29 is 19.1 Å². The average Bonchev–Trinajstić information content (AvgIpc) is 2.59. The molecule has 6 nitrogen and oxygen atoms in total. The highest BCUT2D eigenvalue weighted by molar-refractivity contribution is 5.95. The number of morpholine rings is 1. The summed E-state index contributed by atoms with van der Waals surface area (Å²) in [5.74, 6) is 0.0361. The van der Waals surface area contributed by atoms with Gasteiger partial charge in [0.1, 0.15) is 5.60 Å². The van der Waals surface area contributed by atoms with Crippen LogP contribution in [0.3, 0.4) is 0 Å². The van der Waals surface area contributed by atoms with Crippen molar-refractivity contribution in [2.45, 2.75) is 64.2 Å². The van der Waals surface area contributed by atoms with Gasteiger partial charge < -0.3 is 14.4 Å². The van der Waals surface area contributed by atoms with Crippen LogP contribution in [-0.4, -0.2) is 47.8 Å². The first-order chi connectivity index (χ1) is 12.3. The molecule has 2 unspecified atom stereocenters. The van der Waals surface area contributed by atoms with Crippen molar-refractivity contribution in [1.29, 1.82) is 0 Å². The molecule has 142 valence electrons. The van der Waals surface area contributed by atoms with E-state index in [0.29, 0.717) is 24.4 Å². The summed E-state index contributed by atoms with van der Waals surface area (Å²) >= 11 is 0. The van der Waals surface area contributed by atoms with E-state index in [1.807, 2.05) is 25.7 Å². The van der Waals surface area contributed by atoms with Crippen LogP contribution >= 0.6 is 0 Å². The second-order valence-corrected chi connectivity index (χ2v) is 7.96. The van der Waals surface area contributed by atoms with Crippen LogP contribution in [0, 0.1) is 0 Å². The molecule has 2 fully saturated rings. The largest absolute Gasteiger partial charge is 0.444 e. The topological polar surface area (TPSA) is 67.9 Å². The number of carbonyl (C=O) groups excluding carboxylic acids is 2. The molecule has 0 spiro atoms. The molecule has 1 heterocycles. The Bertz CT molecular complexity index is 649. The zero-order chi connectivity index (χ0) is 18.7. The minimum Gasteiger partial charge on any atom is -0.444 e. The summed E-state index contributed by atoms with van der Waals surface area (Å²) in [4.78, 5) is 26.7. The molecule has 2 aliphatic rings. The number of carbonyl (C=O) groups is 2. The summed E-state index contributed by atoms with van der Waals surface area (Å²) in [7, 11) is 0. The minimum absolute atomic E-state index is 0.0361. The Hall–Kier alpha value is -2.08. The lowest BCUT2D eigenvalue weighted by Crippen LogP contribution is -2.54. The molecule has 26 heavy (non-hydrogen) atoms. The highest BCUT2D eigenvalue weighted by atomic mass is 16.6. The second kappa shape index (κ2) is 7.66. The molecular formula is C20H28N2O4. The Balaban J connectivity index is 1.64. The fourth-order valence-electron chi connectivity index (χ4n) is 3.63. The van der Waals surface area contributed by atoms with E-state index >= 15 is 0 Å². The number of benzene rings is 1. The molecule has 2 amide bonds. The lowest BCUT2D eigenvalue weighted by Gasteiger charge is -2.43. The molecular weight excluding hydrogens is 332 g/mol. The van der Waals surface area contributed by atoms with Gasteiger partial charge in [0.05, 0.1) is 18.8 Å². The third kappa shape index (κ3) is 4.55. The lowest BCUT2D eigenvalue weighted by molar-refractivity contribution is -0.0752. The van der Waals surface area contributed by atoms with Crippen molar-refractivity contribution in [3.05, 3.63) is 29.8 Å². The van der Waals surface area contributed by atoms with Gasteiger partial charge in [-0.15, -0.1) is 0 Å². The van der Waals surface area contributed by atoms with Crippen LogP contribution < -0.4 is 5.32 Å². The Morgan fingerprint density at radius 1 is 1.15 bits per heavy atom. The monoisotopic (exact) mass is 360 g/mol. The molecule has 6 heteroatoms. The zero-order valence-corrected chi connectivity index (χ0v) is 15.8. The average molecular weight is 360 g/mol. The number of nitrogens with one attached hydrogen (secondary N) is 1. The molecule has 1 N–H and O–H groups in total. The van der Waals surface area contributed by atoms with Crippen LogP contribution in [0.2, 0.25) is 0 Å². The van der Waals surface area contributed by atoms with Gasteiger partial charge >= 0.3 is 6.09 Å². The van der Waals surface area contributed by atoms with E-state index in [0.717, 1.165) is 19.3 Å². The summed E-state index contributed by atoms with van der Waals surface area (Å²) in [6.45, 7) is 6.68. The third-order valence-corrected chi connectivity index (χ3v) is 4.77. The predicted molar refractivity (Wildman–Crippen MR) is 99.3 cm³/mol. The highest BCUT2D eigenvalue weighted by Gasteiger charge is 2.36. The Labute approximate surface area is 154 Å². The maximum Gasteiger partial charge on any atom is 0.412 e. The quantitative estimate of drug-likeness (QED) is 0.871. The normalized spacial score (nSPS) is 23.1. The van der Waals surface area contributed by atoms with Gasteiger partial charge in [0.15, 0.2) is 0 Å². The Kier molecular flexibility index (Phi) is 5.51. The number of ether oxygens (including phenoxy) is 2.